The Balaban J connectivity index is 1.96. The number of halogens is 1. The highest BCUT2D eigenvalue weighted by molar-refractivity contribution is 9.10. The molecule has 0 bridgehead atoms. The SMILES string of the molecule is CN(CC1CCCN1)C(=O)c1ccc(Br)cn1. The second kappa shape index (κ2) is 5.60. The summed E-state index contributed by atoms with van der Waals surface area (Å²) in [4.78, 5) is 17.9. The number of nitrogens with one attached hydrogen (secondary N) is 1. The second-order valence-electron chi connectivity index (χ2n) is 4.34. The van der Waals surface area contributed by atoms with Crippen LogP contribution in [0.1, 0.15) is 23.3 Å². The lowest BCUT2D eigenvalue weighted by Crippen LogP contribution is -2.38. The topological polar surface area (TPSA) is 45.2 Å². The summed E-state index contributed by atoms with van der Waals surface area (Å²) in [6.07, 6.45) is 3.99. The number of nitrogens with zero attached hydrogens (tertiary/aromatic N) is 2. The standard InChI is InChI=1S/C12H16BrN3O/c1-16(8-10-3-2-6-14-10)12(17)11-5-4-9(13)7-15-11/h4-5,7,10,14H,2-3,6,8H2,1H3. The molecule has 4 nitrogen and oxygen atoms in total. The highest BCUT2D eigenvalue weighted by Crippen LogP contribution is 2.10. The minimum atomic E-state index is -0.0220. The van der Waals surface area contributed by atoms with Gasteiger partial charge in [0, 0.05) is 30.3 Å². The maximum Gasteiger partial charge on any atom is 0.272 e. The van der Waals surface area contributed by atoms with E-state index in [0.29, 0.717) is 11.7 Å². The molecule has 1 aromatic heterocycles. The first-order chi connectivity index (χ1) is 8.16. The molecule has 1 aromatic rings. The molecule has 0 radical (unpaired) electrons. The minimum Gasteiger partial charge on any atom is -0.339 e. The number of hydrogen-bond donors (Lipinski definition) is 1. The average molecular weight is 298 g/mol. The van der Waals surface area contributed by atoms with E-state index in [1.165, 1.54) is 6.42 Å². The summed E-state index contributed by atoms with van der Waals surface area (Å²) in [7, 11) is 1.83. The van der Waals surface area contributed by atoms with Gasteiger partial charge in [-0.3, -0.25) is 4.79 Å². The van der Waals surface area contributed by atoms with Crippen LogP contribution in [0.15, 0.2) is 22.8 Å². The highest BCUT2D eigenvalue weighted by Gasteiger charge is 2.20. The smallest absolute Gasteiger partial charge is 0.272 e. The summed E-state index contributed by atoms with van der Waals surface area (Å²) in [5, 5.41) is 3.38. The lowest BCUT2D eigenvalue weighted by molar-refractivity contribution is 0.0778. The van der Waals surface area contributed by atoms with E-state index in [4.69, 9.17) is 0 Å². The van der Waals surface area contributed by atoms with Crippen molar-refractivity contribution in [3.63, 3.8) is 0 Å². The van der Waals surface area contributed by atoms with Crippen LogP contribution in [0.4, 0.5) is 0 Å². The van der Waals surface area contributed by atoms with E-state index in [0.717, 1.165) is 24.0 Å². The van der Waals surface area contributed by atoms with Crippen molar-refractivity contribution in [2.24, 2.45) is 0 Å². The zero-order valence-electron chi connectivity index (χ0n) is 9.82. The van der Waals surface area contributed by atoms with Crippen LogP contribution >= 0.6 is 15.9 Å². The van der Waals surface area contributed by atoms with Crippen LogP contribution in [-0.4, -0.2) is 42.0 Å². The summed E-state index contributed by atoms with van der Waals surface area (Å²) in [6.45, 7) is 1.81. The van der Waals surface area contributed by atoms with Crippen molar-refractivity contribution in [1.29, 1.82) is 0 Å². The van der Waals surface area contributed by atoms with E-state index in [-0.39, 0.29) is 5.91 Å². The Hall–Kier alpha value is -0.940. The van der Waals surface area contributed by atoms with Gasteiger partial charge in [0.2, 0.25) is 0 Å². The van der Waals surface area contributed by atoms with E-state index in [2.05, 4.69) is 26.2 Å². The van der Waals surface area contributed by atoms with Crippen molar-refractivity contribution in [1.82, 2.24) is 15.2 Å². The fourth-order valence-corrected chi connectivity index (χ4v) is 2.26. The minimum absolute atomic E-state index is 0.0220. The van der Waals surface area contributed by atoms with Crippen molar-refractivity contribution >= 4 is 21.8 Å². The van der Waals surface area contributed by atoms with Crippen LogP contribution in [0.2, 0.25) is 0 Å². The second-order valence-corrected chi connectivity index (χ2v) is 5.26. The van der Waals surface area contributed by atoms with Crippen LogP contribution in [0.5, 0.6) is 0 Å². The third kappa shape index (κ3) is 3.26. The number of carbonyl (C=O) groups excluding carboxylic acids is 1. The molecule has 92 valence electrons. The van der Waals surface area contributed by atoms with Gasteiger partial charge < -0.3 is 10.2 Å². The number of amides is 1. The Morgan fingerprint density at radius 1 is 1.65 bits per heavy atom. The number of likely N-dealkylation sites (N-methyl/N-ethyl adjacent to an activating group) is 1. The summed E-state index contributed by atoms with van der Waals surface area (Å²) in [5.74, 6) is -0.0220. The van der Waals surface area contributed by atoms with Gasteiger partial charge in [-0.1, -0.05) is 0 Å². The number of hydrogen-bond acceptors (Lipinski definition) is 3. The van der Waals surface area contributed by atoms with Gasteiger partial charge in [-0.2, -0.15) is 0 Å². The first kappa shape index (κ1) is 12.5. The van der Waals surface area contributed by atoms with E-state index in [9.17, 15) is 4.79 Å². The van der Waals surface area contributed by atoms with Gasteiger partial charge in [0.15, 0.2) is 0 Å². The number of rotatable bonds is 3. The first-order valence-corrected chi connectivity index (χ1v) is 6.56. The van der Waals surface area contributed by atoms with Crippen molar-refractivity contribution in [3.05, 3.63) is 28.5 Å². The van der Waals surface area contributed by atoms with E-state index >= 15 is 0 Å². The normalized spacial score (nSPS) is 19.3. The van der Waals surface area contributed by atoms with Gasteiger partial charge in [0.05, 0.1) is 0 Å². The van der Waals surface area contributed by atoms with Crippen molar-refractivity contribution < 1.29 is 4.79 Å². The van der Waals surface area contributed by atoms with Crippen LogP contribution in [0.3, 0.4) is 0 Å². The quantitative estimate of drug-likeness (QED) is 0.923. The Labute approximate surface area is 110 Å². The van der Waals surface area contributed by atoms with Gasteiger partial charge in [-0.25, -0.2) is 4.98 Å². The molecule has 1 N–H and O–H groups in total. The van der Waals surface area contributed by atoms with Gasteiger partial charge in [0.1, 0.15) is 5.69 Å². The maximum absolute atomic E-state index is 12.1. The zero-order valence-corrected chi connectivity index (χ0v) is 11.4. The lowest BCUT2D eigenvalue weighted by atomic mass is 10.2. The highest BCUT2D eigenvalue weighted by atomic mass is 79.9. The summed E-state index contributed by atoms with van der Waals surface area (Å²) < 4.78 is 0.883. The average Bonchev–Trinajstić information content (AvgIpc) is 2.82. The molecular weight excluding hydrogens is 282 g/mol. The Morgan fingerprint density at radius 3 is 3.06 bits per heavy atom. The van der Waals surface area contributed by atoms with Gasteiger partial charge in [-0.15, -0.1) is 0 Å². The fourth-order valence-electron chi connectivity index (χ4n) is 2.02. The van der Waals surface area contributed by atoms with Gasteiger partial charge in [-0.05, 0) is 47.4 Å². The van der Waals surface area contributed by atoms with Crippen molar-refractivity contribution in [2.75, 3.05) is 20.1 Å². The van der Waals surface area contributed by atoms with Crippen LogP contribution in [-0.2, 0) is 0 Å². The molecule has 0 saturated carbocycles. The number of aromatic nitrogens is 1. The molecule has 0 spiro atoms. The van der Waals surface area contributed by atoms with Gasteiger partial charge >= 0.3 is 0 Å². The molecule has 1 atom stereocenters. The molecule has 0 aliphatic carbocycles. The van der Waals surface area contributed by atoms with Crippen molar-refractivity contribution in [2.45, 2.75) is 18.9 Å². The maximum atomic E-state index is 12.1. The molecule has 1 saturated heterocycles. The number of pyridine rings is 1. The molecule has 2 heterocycles. The summed E-state index contributed by atoms with van der Waals surface area (Å²) in [6, 6.07) is 4.01. The molecule has 1 amide bonds. The third-order valence-electron chi connectivity index (χ3n) is 2.95. The van der Waals surface area contributed by atoms with Crippen LogP contribution < -0.4 is 5.32 Å². The number of carbonyl (C=O) groups is 1. The monoisotopic (exact) mass is 297 g/mol. The van der Waals surface area contributed by atoms with E-state index < -0.39 is 0 Å². The fraction of sp³-hybridized carbons (Fsp3) is 0.500. The molecule has 1 aliphatic rings. The van der Waals surface area contributed by atoms with E-state index in [1.54, 1.807) is 17.2 Å². The van der Waals surface area contributed by atoms with Crippen LogP contribution in [0, 0.1) is 0 Å². The Kier molecular flexibility index (Phi) is 4.12. The lowest BCUT2D eigenvalue weighted by Gasteiger charge is -2.20. The Morgan fingerprint density at radius 2 is 2.47 bits per heavy atom. The predicted octanol–water partition coefficient (Wildman–Crippen LogP) is 1.67. The molecule has 1 fully saturated rings. The molecular formula is C12H16BrN3O. The molecule has 2 rings (SSSR count). The van der Waals surface area contributed by atoms with Crippen molar-refractivity contribution in [3.8, 4) is 0 Å². The molecule has 17 heavy (non-hydrogen) atoms. The molecule has 5 heteroatoms. The zero-order chi connectivity index (χ0) is 12.3. The molecule has 0 aromatic carbocycles. The van der Waals surface area contributed by atoms with Crippen LogP contribution in [0.25, 0.3) is 0 Å². The molecule has 1 unspecified atom stereocenters. The first-order valence-electron chi connectivity index (χ1n) is 5.77. The summed E-state index contributed by atoms with van der Waals surface area (Å²) >= 11 is 3.31. The van der Waals surface area contributed by atoms with E-state index in [1.807, 2.05) is 13.1 Å². The van der Waals surface area contributed by atoms with Gasteiger partial charge in [0.25, 0.3) is 5.91 Å². The predicted molar refractivity (Wildman–Crippen MR) is 69.9 cm³/mol. The Bertz CT molecular complexity index is 387. The summed E-state index contributed by atoms with van der Waals surface area (Å²) in [5.41, 5.74) is 0.494. The third-order valence-corrected chi connectivity index (χ3v) is 3.42. The largest absolute Gasteiger partial charge is 0.339 e. The molecule has 1 aliphatic heterocycles.